The number of aliphatic hydroxyl groups is 1. The molecule has 0 unspecified atom stereocenters. The first-order chi connectivity index (χ1) is 7.15. The number of carbonyl (C=O) groups excluding carboxylic acids is 1. The van der Waals surface area contributed by atoms with E-state index in [0.29, 0.717) is 12.8 Å². The number of nitrogens with one attached hydrogen (secondary N) is 1. The van der Waals surface area contributed by atoms with Crippen molar-refractivity contribution in [2.24, 2.45) is 0 Å². The zero-order chi connectivity index (χ0) is 10.8. The van der Waals surface area contributed by atoms with Crippen LogP contribution in [0, 0.1) is 5.95 Å². The van der Waals surface area contributed by atoms with Crippen molar-refractivity contribution in [1.29, 1.82) is 0 Å². The van der Waals surface area contributed by atoms with Gasteiger partial charge in [0.1, 0.15) is 0 Å². The van der Waals surface area contributed by atoms with Gasteiger partial charge in [-0.1, -0.05) is 0 Å². The summed E-state index contributed by atoms with van der Waals surface area (Å²) in [7, 11) is 0. The van der Waals surface area contributed by atoms with E-state index in [0.717, 1.165) is 6.07 Å². The van der Waals surface area contributed by atoms with Gasteiger partial charge in [0.15, 0.2) is 0 Å². The highest BCUT2D eigenvalue weighted by Gasteiger charge is 2.28. The zero-order valence-corrected chi connectivity index (χ0v) is 7.98. The minimum atomic E-state index is -0.670. The quantitative estimate of drug-likeness (QED) is 0.698. The van der Waals surface area contributed by atoms with Gasteiger partial charge in [-0.15, -0.1) is 0 Å². The van der Waals surface area contributed by atoms with Crippen molar-refractivity contribution in [3.05, 3.63) is 29.8 Å². The highest BCUT2D eigenvalue weighted by Crippen LogP contribution is 2.19. The first-order valence-electron chi connectivity index (χ1n) is 4.75. The minimum absolute atomic E-state index is 0.00345. The minimum Gasteiger partial charge on any atom is -0.393 e. The fourth-order valence-corrected chi connectivity index (χ4v) is 1.52. The molecule has 15 heavy (non-hydrogen) atoms. The van der Waals surface area contributed by atoms with Crippen molar-refractivity contribution in [3.8, 4) is 0 Å². The molecule has 2 N–H and O–H groups in total. The molecule has 1 fully saturated rings. The standard InChI is InChI=1S/C10H11FN2O2/c11-9-3-6(1-2-12-9)10(15)13-7-4-8(14)5-7/h1-3,7-8,14H,4-5H2,(H,13,15). The van der Waals surface area contributed by atoms with Gasteiger partial charge in [0.05, 0.1) is 6.10 Å². The number of halogens is 1. The lowest BCUT2D eigenvalue weighted by molar-refractivity contribution is 0.0562. The SMILES string of the molecule is O=C(NC1CC(O)C1)c1ccnc(F)c1. The number of nitrogens with zero attached hydrogens (tertiary/aromatic N) is 1. The summed E-state index contributed by atoms with van der Waals surface area (Å²) in [5.74, 6) is -0.996. The first kappa shape index (κ1) is 10.0. The molecule has 1 saturated carbocycles. The molecule has 1 aromatic heterocycles. The lowest BCUT2D eigenvalue weighted by Gasteiger charge is -2.31. The molecule has 0 saturated heterocycles. The molecular formula is C10H11FN2O2. The van der Waals surface area contributed by atoms with E-state index in [9.17, 15) is 9.18 Å². The van der Waals surface area contributed by atoms with E-state index < -0.39 is 5.95 Å². The van der Waals surface area contributed by atoms with Crippen LogP contribution in [-0.4, -0.2) is 28.1 Å². The summed E-state index contributed by atoms with van der Waals surface area (Å²) in [6.07, 6.45) is 2.07. The van der Waals surface area contributed by atoms with Crippen LogP contribution < -0.4 is 5.32 Å². The third-order valence-corrected chi connectivity index (χ3v) is 2.44. The van der Waals surface area contributed by atoms with E-state index in [-0.39, 0.29) is 23.6 Å². The number of aliphatic hydroxyl groups excluding tert-OH is 1. The lowest BCUT2D eigenvalue weighted by Crippen LogP contribution is -2.46. The number of hydrogen-bond donors (Lipinski definition) is 2. The molecule has 1 aromatic rings. The Hall–Kier alpha value is -1.49. The predicted octanol–water partition coefficient (Wildman–Crippen LogP) is 0.474. The molecule has 5 heteroatoms. The number of aromatic nitrogens is 1. The first-order valence-corrected chi connectivity index (χ1v) is 4.75. The van der Waals surface area contributed by atoms with Gasteiger partial charge in [0, 0.05) is 23.9 Å². The Balaban J connectivity index is 1.96. The van der Waals surface area contributed by atoms with Crippen LogP contribution in [0.25, 0.3) is 0 Å². The third-order valence-electron chi connectivity index (χ3n) is 2.44. The Labute approximate surface area is 86.1 Å². The van der Waals surface area contributed by atoms with Crippen LogP contribution in [0.2, 0.25) is 0 Å². The fraction of sp³-hybridized carbons (Fsp3) is 0.400. The summed E-state index contributed by atoms with van der Waals surface area (Å²) >= 11 is 0. The third kappa shape index (κ3) is 2.30. The molecule has 0 bridgehead atoms. The van der Waals surface area contributed by atoms with Gasteiger partial charge in [-0.2, -0.15) is 4.39 Å². The van der Waals surface area contributed by atoms with Crippen molar-refractivity contribution < 1.29 is 14.3 Å². The van der Waals surface area contributed by atoms with Gasteiger partial charge in [-0.25, -0.2) is 4.98 Å². The highest BCUT2D eigenvalue weighted by molar-refractivity contribution is 5.94. The highest BCUT2D eigenvalue weighted by atomic mass is 19.1. The fourth-order valence-electron chi connectivity index (χ4n) is 1.52. The number of carbonyl (C=O) groups is 1. The largest absolute Gasteiger partial charge is 0.393 e. The van der Waals surface area contributed by atoms with E-state index in [1.807, 2.05) is 0 Å². The van der Waals surface area contributed by atoms with Crippen molar-refractivity contribution in [2.75, 3.05) is 0 Å². The molecule has 0 radical (unpaired) electrons. The average molecular weight is 210 g/mol. The van der Waals surface area contributed by atoms with Crippen LogP contribution in [0.4, 0.5) is 4.39 Å². The Kier molecular flexibility index (Phi) is 2.64. The summed E-state index contributed by atoms with van der Waals surface area (Å²) in [5, 5.41) is 11.7. The van der Waals surface area contributed by atoms with Gasteiger partial charge in [-0.05, 0) is 18.9 Å². The van der Waals surface area contributed by atoms with E-state index >= 15 is 0 Å². The lowest BCUT2D eigenvalue weighted by atomic mass is 9.89. The molecule has 1 heterocycles. The zero-order valence-electron chi connectivity index (χ0n) is 7.98. The van der Waals surface area contributed by atoms with Crippen LogP contribution in [0.3, 0.4) is 0 Å². The second-order valence-electron chi connectivity index (χ2n) is 3.66. The second-order valence-corrected chi connectivity index (χ2v) is 3.66. The van der Waals surface area contributed by atoms with Crippen LogP contribution in [0.1, 0.15) is 23.2 Å². The maximum absolute atomic E-state index is 12.7. The Morgan fingerprint density at radius 1 is 1.60 bits per heavy atom. The van der Waals surface area contributed by atoms with Crippen molar-refractivity contribution in [1.82, 2.24) is 10.3 Å². The molecule has 0 aliphatic heterocycles. The van der Waals surface area contributed by atoms with Crippen molar-refractivity contribution in [3.63, 3.8) is 0 Å². The average Bonchev–Trinajstić information content (AvgIpc) is 2.15. The smallest absolute Gasteiger partial charge is 0.251 e. The van der Waals surface area contributed by atoms with Gasteiger partial charge >= 0.3 is 0 Å². The summed E-state index contributed by atoms with van der Waals surface area (Å²) in [4.78, 5) is 14.9. The normalized spacial score (nSPS) is 24.4. The van der Waals surface area contributed by atoms with Crippen molar-refractivity contribution >= 4 is 5.91 Å². The molecule has 1 amide bonds. The molecule has 1 aliphatic carbocycles. The van der Waals surface area contributed by atoms with Crippen molar-refractivity contribution in [2.45, 2.75) is 25.0 Å². The van der Waals surface area contributed by atoms with E-state index in [1.165, 1.54) is 12.3 Å². The molecule has 4 nitrogen and oxygen atoms in total. The Bertz CT molecular complexity index is 377. The summed E-state index contributed by atoms with van der Waals surface area (Å²) in [6, 6.07) is 2.54. The molecule has 80 valence electrons. The molecule has 0 atom stereocenters. The van der Waals surface area contributed by atoms with Crippen LogP contribution in [0.15, 0.2) is 18.3 Å². The topological polar surface area (TPSA) is 62.2 Å². The predicted molar refractivity (Wildman–Crippen MR) is 50.7 cm³/mol. The number of pyridine rings is 1. The molecule has 0 spiro atoms. The molecule has 0 aromatic carbocycles. The summed E-state index contributed by atoms with van der Waals surface area (Å²) in [5.41, 5.74) is 0.254. The van der Waals surface area contributed by atoms with Gasteiger partial charge in [0.25, 0.3) is 5.91 Å². The monoisotopic (exact) mass is 210 g/mol. The summed E-state index contributed by atoms with van der Waals surface area (Å²) in [6.45, 7) is 0. The van der Waals surface area contributed by atoms with Gasteiger partial charge in [0.2, 0.25) is 5.95 Å². The molecule has 1 aliphatic rings. The van der Waals surface area contributed by atoms with Gasteiger partial charge < -0.3 is 10.4 Å². The Morgan fingerprint density at radius 2 is 2.33 bits per heavy atom. The number of amides is 1. The number of rotatable bonds is 2. The van der Waals surface area contributed by atoms with Crippen LogP contribution >= 0.6 is 0 Å². The molecule has 2 rings (SSSR count). The van der Waals surface area contributed by atoms with E-state index in [2.05, 4.69) is 10.3 Å². The van der Waals surface area contributed by atoms with Gasteiger partial charge in [-0.3, -0.25) is 4.79 Å². The summed E-state index contributed by atoms with van der Waals surface area (Å²) < 4.78 is 12.7. The van der Waals surface area contributed by atoms with E-state index in [1.54, 1.807) is 0 Å². The second kappa shape index (κ2) is 3.94. The Morgan fingerprint density at radius 3 is 2.93 bits per heavy atom. The number of hydrogen-bond acceptors (Lipinski definition) is 3. The van der Waals surface area contributed by atoms with Crippen LogP contribution in [0.5, 0.6) is 0 Å². The van der Waals surface area contributed by atoms with Crippen LogP contribution in [-0.2, 0) is 0 Å². The molecular weight excluding hydrogens is 199 g/mol. The maximum atomic E-state index is 12.7. The van der Waals surface area contributed by atoms with E-state index in [4.69, 9.17) is 5.11 Å². The maximum Gasteiger partial charge on any atom is 0.251 e.